The van der Waals surface area contributed by atoms with Gasteiger partial charge in [0.05, 0.1) is 17.1 Å². The normalized spacial score (nSPS) is 15.7. The quantitative estimate of drug-likeness (QED) is 0.574. The van der Waals surface area contributed by atoms with Gasteiger partial charge in [0.1, 0.15) is 0 Å². The maximum absolute atomic E-state index is 6.21. The molecule has 0 bridgehead atoms. The van der Waals surface area contributed by atoms with Gasteiger partial charge in [-0.1, -0.05) is 46.9 Å². The van der Waals surface area contributed by atoms with Crippen LogP contribution in [0.1, 0.15) is 30.7 Å². The summed E-state index contributed by atoms with van der Waals surface area (Å²) in [6.45, 7) is 0.487. The summed E-state index contributed by atoms with van der Waals surface area (Å²) in [4.78, 5) is 0. The zero-order chi connectivity index (χ0) is 18.1. The monoisotopic (exact) mass is 407 g/mol. The molecule has 7 heteroatoms. The van der Waals surface area contributed by atoms with Gasteiger partial charge < -0.3 is 4.42 Å². The highest BCUT2D eigenvalue weighted by atomic mass is 35.5. The SMILES string of the molecule is Clc1ccc(C2(NCc3nnc(-c4ccc(Cl)cc4Cl)o3)CCC2)cc1. The molecule has 0 saturated heterocycles. The molecule has 26 heavy (non-hydrogen) atoms. The van der Waals surface area contributed by atoms with E-state index in [-0.39, 0.29) is 5.54 Å². The van der Waals surface area contributed by atoms with Gasteiger partial charge in [0.2, 0.25) is 11.8 Å². The Hall–Kier alpha value is -1.59. The van der Waals surface area contributed by atoms with Crippen molar-refractivity contribution >= 4 is 34.8 Å². The van der Waals surface area contributed by atoms with Crippen molar-refractivity contribution in [3.05, 3.63) is 69.0 Å². The Bertz CT molecular complexity index is 920. The first-order chi connectivity index (χ1) is 12.6. The van der Waals surface area contributed by atoms with Crippen LogP contribution in [0.4, 0.5) is 0 Å². The third-order valence-corrected chi connectivity index (χ3v) is 5.61. The van der Waals surface area contributed by atoms with Crippen LogP contribution < -0.4 is 5.32 Å². The van der Waals surface area contributed by atoms with E-state index in [0.717, 1.165) is 17.9 Å². The summed E-state index contributed by atoms with van der Waals surface area (Å²) in [7, 11) is 0. The second-order valence-electron chi connectivity index (χ2n) is 6.42. The van der Waals surface area contributed by atoms with E-state index >= 15 is 0 Å². The van der Waals surface area contributed by atoms with E-state index in [2.05, 4.69) is 27.6 Å². The fraction of sp³-hybridized carbons (Fsp3) is 0.263. The molecule has 0 atom stereocenters. The molecule has 0 spiro atoms. The molecule has 0 radical (unpaired) electrons. The third-order valence-electron chi connectivity index (χ3n) is 4.81. The number of nitrogens with zero attached hydrogens (tertiary/aromatic N) is 2. The van der Waals surface area contributed by atoms with Crippen LogP contribution in [-0.2, 0) is 12.1 Å². The Morgan fingerprint density at radius 1 is 0.962 bits per heavy atom. The molecule has 1 N–H and O–H groups in total. The molecule has 1 fully saturated rings. The van der Waals surface area contributed by atoms with E-state index in [0.29, 0.717) is 33.9 Å². The molecule has 1 aliphatic carbocycles. The first kappa shape index (κ1) is 17.8. The maximum Gasteiger partial charge on any atom is 0.249 e. The minimum atomic E-state index is -0.0584. The summed E-state index contributed by atoms with van der Waals surface area (Å²) in [5.41, 5.74) is 1.84. The van der Waals surface area contributed by atoms with Crippen molar-refractivity contribution < 1.29 is 4.42 Å². The van der Waals surface area contributed by atoms with Crippen molar-refractivity contribution in [2.45, 2.75) is 31.3 Å². The summed E-state index contributed by atoms with van der Waals surface area (Å²) in [6, 6.07) is 13.2. The number of nitrogens with one attached hydrogen (secondary N) is 1. The van der Waals surface area contributed by atoms with Gasteiger partial charge in [-0.3, -0.25) is 5.32 Å². The molecule has 1 heterocycles. The van der Waals surface area contributed by atoms with Gasteiger partial charge in [-0.2, -0.15) is 0 Å². The smallest absolute Gasteiger partial charge is 0.249 e. The molecule has 1 saturated carbocycles. The van der Waals surface area contributed by atoms with Crippen LogP contribution in [0.15, 0.2) is 46.9 Å². The largest absolute Gasteiger partial charge is 0.419 e. The number of aromatic nitrogens is 2. The van der Waals surface area contributed by atoms with E-state index in [4.69, 9.17) is 39.2 Å². The number of benzene rings is 2. The Morgan fingerprint density at radius 3 is 2.35 bits per heavy atom. The highest BCUT2D eigenvalue weighted by Gasteiger charge is 2.38. The van der Waals surface area contributed by atoms with Crippen LogP contribution in [-0.4, -0.2) is 10.2 Å². The first-order valence-corrected chi connectivity index (χ1v) is 9.48. The molecule has 134 valence electrons. The predicted octanol–water partition coefficient (Wildman–Crippen LogP) is 5.87. The molecule has 0 amide bonds. The van der Waals surface area contributed by atoms with E-state index in [9.17, 15) is 0 Å². The van der Waals surface area contributed by atoms with Gasteiger partial charge in [-0.15, -0.1) is 10.2 Å². The van der Waals surface area contributed by atoms with Crippen molar-refractivity contribution in [3.8, 4) is 11.5 Å². The molecule has 1 aliphatic rings. The van der Waals surface area contributed by atoms with E-state index < -0.39 is 0 Å². The van der Waals surface area contributed by atoms with Gasteiger partial charge >= 0.3 is 0 Å². The summed E-state index contributed by atoms with van der Waals surface area (Å²) in [5.74, 6) is 0.906. The lowest BCUT2D eigenvalue weighted by Crippen LogP contribution is -2.47. The van der Waals surface area contributed by atoms with Gasteiger partial charge in [0.15, 0.2) is 0 Å². The standard InChI is InChI=1S/C19H16Cl3N3O/c20-13-4-2-12(3-5-13)19(8-1-9-19)23-11-17-24-25-18(26-17)15-7-6-14(21)10-16(15)22/h2-7,10,23H,1,8-9,11H2. The van der Waals surface area contributed by atoms with E-state index in [1.807, 2.05) is 12.1 Å². The van der Waals surface area contributed by atoms with Gasteiger partial charge in [-0.25, -0.2) is 0 Å². The second kappa shape index (κ2) is 7.20. The molecule has 0 aliphatic heterocycles. The maximum atomic E-state index is 6.21. The molecule has 4 nitrogen and oxygen atoms in total. The average molecular weight is 409 g/mol. The molecule has 1 aromatic heterocycles. The number of halogens is 3. The fourth-order valence-corrected chi connectivity index (χ4v) is 3.82. The van der Waals surface area contributed by atoms with Gasteiger partial charge in [0, 0.05) is 15.6 Å². The number of hydrogen-bond acceptors (Lipinski definition) is 4. The van der Waals surface area contributed by atoms with Crippen LogP contribution >= 0.6 is 34.8 Å². The average Bonchev–Trinajstić information content (AvgIpc) is 3.04. The summed E-state index contributed by atoms with van der Waals surface area (Å²) < 4.78 is 5.78. The Morgan fingerprint density at radius 2 is 1.69 bits per heavy atom. The van der Waals surface area contributed by atoms with E-state index in [1.165, 1.54) is 12.0 Å². The number of rotatable bonds is 5. The van der Waals surface area contributed by atoms with Crippen LogP contribution in [0.2, 0.25) is 15.1 Å². The topological polar surface area (TPSA) is 51.0 Å². The highest BCUT2D eigenvalue weighted by molar-refractivity contribution is 6.36. The molecule has 4 rings (SSSR count). The zero-order valence-electron chi connectivity index (χ0n) is 13.8. The Labute approximate surface area is 166 Å². The van der Waals surface area contributed by atoms with Crippen LogP contribution in [0.25, 0.3) is 11.5 Å². The van der Waals surface area contributed by atoms with Crippen molar-refractivity contribution in [2.75, 3.05) is 0 Å². The Balaban J connectivity index is 1.50. The van der Waals surface area contributed by atoms with Gasteiger partial charge in [0.25, 0.3) is 0 Å². The third kappa shape index (κ3) is 3.47. The van der Waals surface area contributed by atoms with Crippen molar-refractivity contribution in [3.63, 3.8) is 0 Å². The lowest BCUT2D eigenvalue weighted by molar-refractivity contribution is 0.177. The second-order valence-corrected chi connectivity index (χ2v) is 7.70. The fourth-order valence-electron chi connectivity index (χ4n) is 3.21. The molecular formula is C19H16Cl3N3O. The molecular weight excluding hydrogens is 393 g/mol. The molecule has 2 aromatic carbocycles. The summed E-state index contributed by atoms with van der Waals surface area (Å²) in [6.07, 6.45) is 3.32. The lowest BCUT2D eigenvalue weighted by atomic mass is 9.72. The van der Waals surface area contributed by atoms with Crippen molar-refractivity contribution in [2.24, 2.45) is 0 Å². The van der Waals surface area contributed by atoms with Gasteiger partial charge in [-0.05, 0) is 55.2 Å². The lowest BCUT2D eigenvalue weighted by Gasteiger charge is -2.43. The minimum Gasteiger partial charge on any atom is -0.419 e. The number of hydrogen-bond donors (Lipinski definition) is 1. The van der Waals surface area contributed by atoms with Crippen molar-refractivity contribution in [1.29, 1.82) is 0 Å². The highest BCUT2D eigenvalue weighted by Crippen LogP contribution is 2.41. The van der Waals surface area contributed by atoms with Crippen LogP contribution in [0.3, 0.4) is 0 Å². The van der Waals surface area contributed by atoms with Crippen LogP contribution in [0.5, 0.6) is 0 Å². The van der Waals surface area contributed by atoms with Crippen molar-refractivity contribution in [1.82, 2.24) is 15.5 Å². The Kier molecular flexibility index (Phi) is 4.93. The summed E-state index contributed by atoms with van der Waals surface area (Å²) in [5, 5.41) is 13.6. The zero-order valence-corrected chi connectivity index (χ0v) is 16.1. The minimum absolute atomic E-state index is 0.0584. The van der Waals surface area contributed by atoms with Crippen LogP contribution in [0, 0.1) is 0 Å². The van der Waals surface area contributed by atoms with E-state index in [1.54, 1.807) is 18.2 Å². The summed E-state index contributed by atoms with van der Waals surface area (Å²) >= 11 is 18.1. The molecule has 0 unspecified atom stereocenters. The molecule has 3 aromatic rings. The predicted molar refractivity (Wildman–Crippen MR) is 104 cm³/mol. The first-order valence-electron chi connectivity index (χ1n) is 8.35.